The van der Waals surface area contributed by atoms with Crippen molar-refractivity contribution < 1.29 is 14.6 Å². The molecule has 3 aromatic rings. The molecule has 33 heavy (non-hydrogen) atoms. The molecule has 1 saturated heterocycles. The van der Waals surface area contributed by atoms with E-state index < -0.39 is 11.9 Å². The van der Waals surface area contributed by atoms with E-state index in [1.807, 2.05) is 60.8 Å². The Morgan fingerprint density at radius 3 is 2.85 bits per heavy atom. The SMILES string of the molecule is COc1ccc2nccc(CCC[C@@H]3CCN(CC#Cc4ccccc4)C[C@@H]3C(=O)[O-])c2c1. The summed E-state index contributed by atoms with van der Waals surface area (Å²) in [4.78, 5) is 18.5. The Hall–Kier alpha value is -3.36. The molecule has 0 unspecified atom stereocenters. The number of aryl methyl sites for hydroxylation is 1. The van der Waals surface area contributed by atoms with Gasteiger partial charge in [-0.05, 0) is 80.1 Å². The summed E-state index contributed by atoms with van der Waals surface area (Å²) >= 11 is 0. The molecule has 0 bridgehead atoms. The van der Waals surface area contributed by atoms with Gasteiger partial charge in [-0.1, -0.05) is 30.0 Å². The number of carbonyl (C=O) groups excluding carboxylic acids is 1. The number of carboxylic acids is 1. The van der Waals surface area contributed by atoms with Gasteiger partial charge in [0.15, 0.2) is 0 Å². The maximum atomic E-state index is 11.9. The first-order valence-electron chi connectivity index (χ1n) is 11.5. The number of pyridine rings is 1. The van der Waals surface area contributed by atoms with E-state index >= 15 is 0 Å². The fourth-order valence-corrected chi connectivity index (χ4v) is 4.68. The molecule has 0 N–H and O–H groups in total. The molecule has 0 radical (unpaired) electrons. The van der Waals surface area contributed by atoms with Crippen molar-refractivity contribution in [2.75, 3.05) is 26.7 Å². The van der Waals surface area contributed by atoms with Crippen LogP contribution in [0.15, 0.2) is 60.8 Å². The van der Waals surface area contributed by atoms with Crippen molar-refractivity contribution in [3.8, 4) is 17.6 Å². The summed E-state index contributed by atoms with van der Waals surface area (Å²) in [5.74, 6) is 5.89. The Morgan fingerprint density at radius 1 is 1.21 bits per heavy atom. The van der Waals surface area contributed by atoms with Crippen LogP contribution in [-0.2, 0) is 11.2 Å². The zero-order valence-electron chi connectivity index (χ0n) is 19.0. The Morgan fingerprint density at radius 2 is 2.06 bits per heavy atom. The van der Waals surface area contributed by atoms with Crippen molar-refractivity contribution in [1.82, 2.24) is 9.88 Å². The van der Waals surface area contributed by atoms with E-state index in [4.69, 9.17) is 4.74 Å². The average molecular weight is 442 g/mol. The van der Waals surface area contributed by atoms with Crippen molar-refractivity contribution in [1.29, 1.82) is 0 Å². The minimum Gasteiger partial charge on any atom is -0.550 e. The molecule has 0 amide bonds. The molecule has 170 valence electrons. The van der Waals surface area contributed by atoms with Crippen molar-refractivity contribution >= 4 is 16.9 Å². The van der Waals surface area contributed by atoms with Gasteiger partial charge in [-0.15, -0.1) is 0 Å². The molecule has 4 rings (SSSR count). The number of piperidine rings is 1. The smallest absolute Gasteiger partial charge is 0.119 e. The molecule has 1 aliphatic heterocycles. The quantitative estimate of drug-likeness (QED) is 0.527. The molecular weight excluding hydrogens is 412 g/mol. The third-order valence-corrected chi connectivity index (χ3v) is 6.51. The van der Waals surface area contributed by atoms with Gasteiger partial charge in [0.05, 0.1) is 19.2 Å². The first kappa shape index (κ1) is 22.8. The summed E-state index contributed by atoms with van der Waals surface area (Å²) in [6.45, 7) is 1.95. The minimum atomic E-state index is -0.945. The van der Waals surface area contributed by atoms with Gasteiger partial charge >= 0.3 is 0 Å². The highest BCUT2D eigenvalue weighted by molar-refractivity contribution is 5.83. The molecule has 5 nitrogen and oxygen atoms in total. The molecule has 0 saturated carbocycles. The summed E-state index contributed by atoms with van der Waals surface area (Å²) < 4.78 is 5.37. The van der Waals surface area contributed by atoms with E-state index in [1.54, 1.807) is 7.11 Å². The Labute approximate surface area is 195 Å². The van der Waals surface area contributed by atoms with Crippen LogP contribution in [0.2, 0.25) is 0 Å². The fraction of sp³-hybridized carbons (Fsp3) is 0.357. The first-order chi connectivity index (χ1) is 16.1. The van der Waals surface area contributed by atoms with Crippen molar-refractivity contribution in [3.63, 3.8) is 0 Å². The second-order valence-corrected chi connectivity index (χ2v) is 8.62. The lowest BCUT2D eigenvalue weighted by atomic mass is 9.81. The molecule has 1 aliphatic rings. The second-order valence-electron chi connectivity index (χ2n) is 8.62. The van der Waals surface area contributed by atoms with Crippen LogP contribution in [-0.4, -0.2) is 42.6 Å². The van der Waals surface area contributed by atoms with Crippen LogP contribution in [0.4, 0.5) is 0 Å². The number of fused-ring (bicyclic) bond motifs is 1. The Bertz CT molecular complexity index is 1150. The highest BCUT2D eigenvalue weighted by Gasteiger charge is 2.29. The van der Waals surface area contributed by atoms with Crippen LogP contribution < -0.4 is 9.84 Å². The largest absolute Gasteiger partial charge is 0.550 e. The van der Waals surface area contributed by atoms with Gasteiger partial charge in [0, 0.05) is 35.6 Å². The van der Waals surface area contributed by atoms with Crippen LogP contribution >= 0.6 is 0 Å². The zero-order valence-corrected chi connectivity index (χ0v) is 19.0. The maximum absolute atomic E-state index is 11.9. The van der Waals surface area contributed by atoms with Gasteiger partial charge in [-0.25, -0.2) is 0 Å². The number of benzene rings is 2. The highest BCUT2D eigenvalue weighted by atomic mass is 16.5. The Kier molecular flexibility index (Phi) is 7.59. The number of hydrogen-bond acceptors (Lipinski definition) is 5. The number of carboxylic acid groups (broad SMARTS) is 1. The van der Waals surface area contributed by atoms with Gasteiger partial charge in [0.25, 0.3) is 0 Å². The van der Waals surface area contributed by atoms with E-state index in [1.165, 1.54) is 5.56 Å². The summed E-state index contributed by atoms with van der Waals surface area (Å²) in [7, 11) is 1.66. The molecule has 2 atom stereocenters. The lowest BCUT2D eigenvalue weighted by molar-refractivity contribution is -0.314. The van der Waals surface area contributed by atoms with E-state index in [0.29, 0.717) is 13.1 Å². The van der Waals surface area contributed by atoms with Gasteiger partial charge < -0.3 is 14.6 Å². The number of aliphatic carboxylic acids is 1. The van der Waals surface area contributed by atoms with Gasteiger partial charge in [-0.2, -0.15) is 0 Å². The van der Waals surface area contributed by atoms with Crippen LogP contribution in [0.5, 0.6) is 5.75 Å². The maximum Gasteiger partial charge on any atom is 0.119 e. The molecular formula is C28H29N2O3-. The fourth-order valence-electron chi connectivity index (χ4n) is 4.68. The minimum absolute atomic E-state index is 0.135. The number of methoxy groups -OCH3 is 1. The van der Waals surface area contributed by atoms with E-state index in [9.17, 15) is 9.90 Å². The molecule has 2 heterocycles. The number of aromatic nitrogens is 1. The van der Waals surface area contributed by atoms with E-state index in [2.05, 4.69) is 21.7 Å². The predicted octanol–water partition coefficient (Wildman–Crippen LogP) is 3.31. The highest BCUT2D eigenvalue weighted by Crippen LogP contribution is 2.29. The number of likely N-dealkylation sites (tertiary alicyclic amines) is 1. The standard InChI is InChI=1S/C28H30N2O3/c1-33-24-12-13-27-25(19-24)22(14-16-29-27)10-5-11-23-15-18-30(20-26(23)28(31)32)17-6-9-21-7-3-2-4-8-21/h2-4,7-8,12-14,16,19,23,26H,5,10-11,15,17-18,20H2,1H3,(H,31,32)/p-1/t23-,26+/m1/s1. The summed E-state index contributed by atoms with van der Waals surface area (Å²) in [5.41, 5.74) is 3.15. The lowest BCUT2D eigenvalue weighted by Gasteiger charge is -2.38. The summed E-state index contributed by atoms with van der Waals surface area (Å²) in [6, 6.07) is 17.8. The third kappa shape index (κ3) is 5.91. The topological polar surface area (TPSA) is 65.5 Å². The average Bonchev–Trinajstić information content (AvgIpc) is 2.85. The van der Waals surface area contributed by atoms with Crippen molar-refractivity contribution in [3.05, 3.63) is 71.9 Å². The summed E-state index contributed by atoms with van der Waals surface area (Å²) in [6.07, 6.45) is 5.38. The number of hydrogen-bond donors (Lipinski definition) is 0. The van der Waals surface area contributed by atoms with Crippen LogP contribution in [0.1, 0.15) is 30.4 Å². The number of nitrogens with zero attached hydrogens (tertiary/aromatic N) is 2. The van der Waals surface area contributed by atoms with Crippen molar-refractivity contribution in [2.45, 2.75) is 25.7 Å². The van der Waals surface area contributed by atoms with Crippen LogP contribution in [0, 0.1) is 23.7 Å². The van der Waals surface area contributed by atoms with E-state index in [-0.39, 0.29) is 5.92 Å². The van der Waals surface area contributed by atoms with E-state index in [0.717, 1.165) is 54.4 Å². The van der Waals surface area contributed by atoms with Crippen LogP contribution in [0.3, 0.4) is 0 Å². The monoisotopic (exact) mass is 441 g/mol. The van der Waals surface area contributed by atoms with Gasteiger partial charge in [0.2, 0.25) is 0 Å². The Balaban J connectivity index is 1.34. The summed E-state index contributed by atoms with van der Waals surface area (Å²) in [5, 5.41) is 13.0. The third-order valence-electron chi connectivity index (χ3n) is 6.51. The van der Waals surface area contributed by atoms with Gasteiger partial charge in [0.1, 0.15) is 5.75 Å². The molecule has 2 aromatic carbocycles. The molecule has 0 aliphatic carbocycles. The predicted molar refractivity (Wildman–Crippen MR) is 128 cm³/mol. The lowest BCUT2D eigenvalue weighted by Crippen LogP contribution is -2.48. The number of carbonyl (C=O) groups is 1. The molecule has 1 fully saturated rings. The number of rotatable bonds is 7. The van der Waals surface area contributed by atoms with Gasteiger partial charge in [-0.3, -0.25) is 9.88 Å². The zero-order chi connectivity index (χ0) is 23.0. The number of ether oxygens (including phenoxy) is 1. The van der Waals surface area contributed by atoms with Crippen LogP contribution in [0.25, 0.3) is 10.9 Å². The second kappa shape index (κ2) is 11.0. The van der Waals surface area contributed by atoms with Crippen molar-refractivity contribution in [2.24, 2.45) is 11.8 Å². The normalized spacial score (nSPS) is 18.5. The first-order valence-corrected chi connectivity index (χ1v) is 11.5. The molecule has 5 heteroatoms. The molecule has 1 aromatic heterocycles. The molecule has 0 spiro atoms.